The highest BCUT2D eigenvalue weighted by Gasteiger charge is 2.08. The van der Waals surface area contributed by atoms with Crippen molar-refractivity contribution in [2.75, 3.05) is 13.2 Å². The summed E-state index contributed by atoms with van der Waals surface area (Å²) in [6.45, 7) is 4.35. The summed E-state index contributed by atoms with van der Waals surface area (Å²) in [5.41, 5.74) is 0.612. The molecule has 0 radical (unpaired) electrons. The van der Waals surface area contributed by atoms with Crippen molar-refractivity contribution in [2.24, 2.45) is 0 Å². The molecule has 0 aromatic rings. The van der Waals surface area contributed by atoms with Crippen molar-refractivity contribution in [3.05, 3.63) is 11.6 Å². The van der Waals surface area contributed by atoms with E-state index < -0.39 is 0 Å². The zero-order valence-corrected chi connectivity index (χ0v) is 10.5. The Morgan fingerprint density at radius 1 is 1.25 bits per heavy atom. The van der Waals surface area contributed by atoms with Crippen molar-refractivity contribution in [3.63, 3.8) is 0 Å². The number of aliphatic hydroxyl groups excluding tert-OH is 1. The molecule has 0 aromatic heterocycles. The molecule has 0 unspecified atom stereocenters. The minimum Gasteiger partial charge on any atom is -0.463 e. The molecule has 0 saturated heterocycles. The van der Waals surface area contributed by atoms with Gasteiger partial charge in [-0.2, -0.15) is 0 Å². The largest absolute Gasteiger partial charge is 0.463 e. The summed E-state index contributed by atoms with van der Waals surface area (Å²) in [6, 6.07) is 0. The second-order valence-electron chi connectivity index (χ2n) is 3.77. The van der Waals surface area contributed by atoms with Crippen LogP contribution in [0.4, 0.5) is 0 Å². The van der Waals surface area contributed by atoms with Crippen LogP contribution in [-0.4, -0.2) is 24.3 Å². The summed E-state index contributed by atoms with van der Waals surface area (Å²) in [6.07, 6.45) is 7.95. The van der Waals surface area contributed by atoms with Gasteiger partial charge in [0.1, 0.15) is 0 Å². The molecule has 0 heterocycles. The molecule has 3 nitrogen and oxygen atoms in total. The smallest absolute Gasteiger partial charge is 0.333 e. The normalized spacial score (nSPS) is 11.6. The summed E-state index contributed by atoms with van der Waals surface area (Å²) in [7, 11) is 0. The highest BCUT2D eigenvalue weighted by Crippen LogP contribution is 2.09. The number of carbonyl (C=O) groups excluding carboxylic acids is 1. The van der Waals surface area contributed by atoms with Gasteiger partial charge in [-0.25, -0.2) is 4.79 Å². The quantitative estimate of drug-likeness (QED) is 0.375. The maximum Gasteiger partial charge on any atom is 0.333 e. The number of carbonyl (C=O) groups is 1. The van der Waals surface area contributed by atoms with Crippen LogP contribution in [0.25, 0.3) is 0 Å². The fraction of sp³-hybridized carbons (Fsp3) is 0.769. The van der Waals surface area contributed by atoms with Gasteiger partial charge in [0.2, 0.25) is 0 Å². The Kier molecular flexibility index (Phi) is 10.1. The van der Waals surface area contributed by atoms with Crippen LogP contribution in [-0.2, 0) is 9.53 Å². The van der Waals surface area contributed by atoms with Crippen molar-refractivity contribution < 1.29 is 14.6 Å². The Morgan fingerprint density at radius 3 is 2.56 bits per heavy atom. The lowest BCUT2D eigenvalue weighted by molar-refractivity contribution is -0.138. The molecular weight excluding hydrogens is 204 g/mol. The molecule has 0 amide bonds. The summed E-state index contributed by atoms with van der Waals surface area (Å²) in [5, 5.41) is 8.85. The highest BCUT2D eigenvalue weighted by molar-refractivity contribution is 5.88. The molecule has 0 bridgehead atoms. The number of aliphatic hydroxyl groups is 1. The Bertz CT molecular complexity index is 209. The average Bonchev–Trinajstić information content (AvgIpc) is 2.27. The third-order valence-corrected chi connectivity index (χ3v) is 2.37. The van der Waals surface area contributed by atoms with Gasteiger partial charge in [0.15, 0.2) is 0 Å². The first kappa shape index (κ1) is 15.2. The van der Waals surface area contributed by atoms with Crippen LogP contribution in [0, 0.1) is 0 Å². The van der Waals surface area contributed by atoms with E-state index in [-0.39, 0.29) is 12.6 Å². The molecule has 0 aliphatic heterocycles. The van der Waals surface area contributed by atoms with E-state index in [2.05, 4.69) is 6.92 Å². The van der Waals surface area contributed by atoms with Gasteiger partial charge in [0, 0.05) is 18.6 Å². The van der Waals surface area contributed by atoms with Gasteiger partial charge in [-0.15, -0.1) is 0 Å². The molecule has 0 spiro atoms. The third-order valence-electron chi connectivity index (χ3n) is 2.37. The molecule has 0 saturated carbocycles. The molecule has 94 valence electrons. The van der Waals surface area contributed by atoms with Crippen LogP contribution in [0.2, 0.25) is 0 Å². The lowest BCUT2D eigenvalue weighted by Crippen LogP contribution is -2.09. The molecule has 0 aliphatic rings. The Hall–Kier alpha value is -0.830. The first-order chi connectivity index (χ1) is 7.76. The molecule has 3 heteroatoms. The molecule has 1 N–H and O–H groups in total. The van der Waals surface area contributed by atoms with Crippen molar-refractivity contribution in [1.29, 1.82) is 0 Å². The van der Waals surface area contributed by atoms with Crippen molar-refractivity contribution in [1.82, 2.24) is 0 Å². The predicted octanol–water partition coefficient (Wildman–Crippen LogP) is 2.83. The van der Waals surface area contributed by atoms with Crippen LogP contribution in [0.1, 0.15) is 52.4 Å². The number of hydrogen-bond acceptors (Lipinski definition) is 3. The molecule has 0 aromatic carbocycles. The topological polar surface area (TPSA) is 46.5 Å². The van der Waals surface area contributed by atoms with Gasteiger partial charge in [-0.3, -0.25) is 0 Å². The number of hydrogen-bond donors (Lipinski definition) is 1. The van der Waals surface area contributed by atoms with Gasteiger partial charge >= 0.3 is 5.97 Å². The number of esters is 1. The summed E-state index contributed by atoms with van der Waals surface area (Å²) in [4.78, 5) is 11.5. The molecule has 0 atom stereocenters. The fourth-order valence-electron chi connectivity index (χ4n) is 1.48. The molecule has 0 aliphatic carbocycles. The molecule has 16 heavy (non-hydrogen) atoms. The van der Waals surface area contributed by atoms with Gasteiger partial charge in [-0.1, -0.05) is 32.3 Å². The van der Waals surface area contributed by atoms with Crippen LogP contribution in [0.15, 0.2) is 11.6 Å². The highest BCUT2D eigenvalue weighted by atomic mass is 16.5. The number of rotatable bonds is 9. The van der Waals surface area contributed by atoms with Crippen molar-refractivity contribution >= 4 is 5.97 Å². The second kappa shape index (κ2) is 10.7. The van der Waals surface area contributed by atoms with E-state index in [0.717, 1.165) is 12.8 Å². The minimum atomic E-state index is -0.285. The van der Waals surface area contributed by atoms with E-state index in [1.807, 2.05) is 6.08 Å². The third kappa shape index (κ3) is 7.46. The monoisotopic (exact) mass is 228 g/mol. The van der Waals surface area contributed by atoms with Gasteiger partial charge in [0.25, 0.3) is 0 Å². The van der Waals surface area contributed by atoms with E-state index in [0.29, 0.717) is 18.6 Å². The number of allylic oxidation sites excluding steroid dienone is 1. The van der Waals surface area contributed by atoms with Crippen LogP contribution in [0.5, 0.6) is 0 Å². The summed E-state index contributed by atoms with van der Waals surface area (Å²) < 4.78 is 4.92. The predicted molar refractivity (Wildman–Crippen MR) is 65.2 cm³/mol. The van der Waals surface area contributed by atoms with E-state index in [9.17, 15) is 4.79 Å². The number of unbranched alkanes of at least 4 members (excludes halogenated alkanes) is 4. The SMILES string of the molecule is CCCCCCC=C(CCO)C(=O)OCC. The molecular formula is C13H24O3. The van der Waals surface area contributed by atoms with E-state index in [1.54, 1.807) is 6.92 Å². The van der Waals surface area contributed by atoms with Gasteiger partial charge in [0.05, 0.1) is 6.61 Å². The first-order valence-corrected chi connectivity index (χ1v) is 6.23. The zero-order valence-electron chi connectivity index (χ0n) is 10.5. The second-order valence-corrected chi connectivity index (χ2v) is 3.77. The Balaban J connectivity index is 3.98. The fourth-order valence-corrected chi connectivity index (χ4v) is 1.48. The molecule has 0 fully saturated rings. The zero-order chi connectivity index (χ0) is 12.2. The van der Waals surface area contributed by atoms with E-state index in [1.165, 1.54) is 19.3 Å². The Labute approximate surface area is 98.5 Å². The molecule has 0 rings (SSSR count). The van der Waals surface area contributed by atoms with Gasteiger partial charge in [-0.05, 0) is 19.8 Å². The maximum atomic E-state index is 11.5. The lowest BCUT2D eigenvalue weighted by atomic mass is 10.1. The van der Waals surface area contributed by atoms with Crippen molar-refractivity contribution in [2.45, 2.75) is 52.4 Å². The van der Waals surface area contributed by atoms with Crippen LogP contribution in [0.3, 0.4) is 0 Å². The maximum absolute atomic E-state index is 11.5. The van der Waals surface area contributed by atoms with Crippen LogP contribution < -0.4 is 0 Å². The minimum absolute atomic E-state index is 0.000389. The summed E-state index contributed by atoms with van der Waals surface area (Å²) in [5.74, 6) is -0.285. The van der Waals surface area contributed by atoms with E-state index >= 15 is 0 Å². The summed E-state index contributed by atoms with van der Waals surface area (Å²) >= 11 is 0. The van der Waals surface area contributed by atoms with E-state index in [4.69, 9.17) is 9.84 Å². The lowest BCUT2D eigenvalue weighted by Gasteiger charge is -2.05. The van der Waals surface area contributed by atoms with Crippen molar-refractivity contribution in [3.8, 4) is 0 Å². The standard InChI is InChI=1S/C13H24O3/c1-3-5-6-7-8-9-12(10-11-14)13(15)16-4-2/h9,14H,3-8,10-11H2,1-2H3. The van der Waals surface area contributed by atoms with Crippen LogP contribution >= 0.6 is 0 Å². The first-order valence-electron chi connectivity index (χ1n) is 6.23. The average molecular weight is 228 g/mol. The number of ether oxygens (including phenoxy) is 1. The Morgan fingerprint density at radius 2 is 2.00 bits per heavy atom. The van der Waals surface area contributed by atoms with Gasteiger partial charge < -0.3 is 9.84 Å².